The van der Waals surface area contributed by atoms with E-state index in [1.165, 1.54) is 25.4 Å². The molecular weight excluding hydrogens is 305 g/mol. The molecule has 1 saturated heterocycles. The van der Waals surface area contributed by atoms with Crippen molar-refractivity contribution >= 4 is 5.91 Å². The molecule has 8 heteroatoms. The number of halogens is 1. The lowest BCUT2D eigenvalue weighted by molar-refractivity contribution is 0.0899. The number of carbonyl (C=O) groups excluding carboxylic acids is 1. The van der Waals surface area contributed by atoms with Crippen LogP contribution in [0, 0.1) is 5.82 Å². The molecular formula is C15H16FN3O4. The summed E-state index contributed by atoms with van der Waals surface area (Å²) in [7, 11) is 1.35. The van der Waals surface area contributed by atoms with Crippen molar-refractivity contribution in [1.29, 1.82) is 0 Å². The van der Waals surface area contributed by atoms with Gasteiger partial charge in [0.1, 0.15) is 6.10 Å². The Balaban J connectivity index is 1.69. The fourth-order valence-electron chi connectivity index (χ4n) is 2.35. The molecule has 0 spiro atoms. The SMILES string of the molecule is COc1cccc(C(=O)N[C@H]2COC[C@H]2Oc2cn[nH]c2)c1F. The molecule has 0 radical (unpaired) electrons. The molecule has 1 aliphatic rings. The first kappa shape index (κ1) is 15.3. The number of aromatic nitrogens is 2. The van der Waals surface area contributed by atoms with Gasteiger partial charge in [0.05, 0.1) is 44.3 Å². The first-order chi connectivity index (χ1) is 11.2. The zero-order valence-corrected chi connectivity index (χ0v) is 12.4. The van der Waals surface area contributed by atoms with Crippen molar-refractivity contribution in [2.24, 2.45) is 0 Å². The van der Waals surface area contributed by atoms with E-state index in [0.717, 1.165) is 0 Å². The normalized spacial score (nSPS) is 20.3. The number of hydrogen-bond acceptors (Lipinski definition) is 5. The van der Waals surface area contributed by atoms with E-state index in [-0.39, 0.29) is 23.5 Å². The Morgan fingerprint density at radius 3 is 3.09 bits per heavy atom. The second-order valence-corrected chi connectivity index (χ2v) is 5.03. The van der Waals surface area contributed by atoms with Gasteiger partial charge in [0.25, 0.3) is 5.91 Å². The van der Waals surface area contributed by atoms with E-state index in [1.807, 2.05) is 0 Å². The molecule has 1 aromatic carbocycles. The number of carbonyl (C=O) groups is 1. The van der Waals surface area contributed by atoms with Gasteiger partial charge in [-0.15, -0.1) is 0 Å². The number of ether oxygens (including phenoxy) is 3. The van der Waals surface area contributed by atoms with E-state index in [9.17, 15) is 9.18 Å². The monoisotopic (exact) mass is 321 g/mol. The lowest BCUT2D eigenvalue weighted by Gasteiger charge is -2.20. The van der Waals surface area contributed by atoms with Crippen LogP contribution in [-0.2, 0) is 4.74 Å². The van der Waals surface area contributed by atoms with Gasteiger partial charge in [-0.05, 0) is 12.1 Å². The molecule has 122 valence electrons. The van der Waals surface area contributed by atoms with Crippen LogP contribution in [0.15, 0.2) is 30.6 Å². The summed E-state index contributed by atoms with van der Waals surface area (Å²) in [5, 5.41) is 9.16. The van der Waals surface area contributed by atoms with E-state index in [4.69, 9.17) is 14.2 Å². The van der Waals surface area contributed by atoms with E-state index >= 15 is 0 Å². The Morgan fingerprint density at radius 2 is 2.35 bits per heavy atom. The molecule has 0 saturated carbocycles. The van der Waals surface area contributed by atoms with Crippen LogP contribution in [0.25, 0.3) is 0 Å². The van der Waals surface area contributed by atoms with Gasteiger partial charge < -0.3 is 19.5 Å². The van der Waals surface area contributed by atoms with E-state index < -0.39 is 11.7 Å². The van der Waals surface area contributed by atoms with Crippen LogP contribution in [0.1, 0.15) is 10.4 Å². The minimum atomic E-state index is -0.696. The molecule has 0 unspecified atom stereocenters. The minimum absolute atomic E-state index is 0.0199. The molecule has 0 bridgehead atoms. The highest BCUT2D eigenvalue weighted by atomic mass is 19.1. The number of nitrogens with zero attached hydrogens (tertiary/aromatic N) is 1. The van der Waals surface area contributed by atoms with Crippen LogP contribution in [0.2, 0.25) is 0 Å². The van der Waals surface area contributed by atoms with Gasteiger partial charge in [-0.2, -0.15) is 5.10 Å². The second kappa shape index (κ2) is 6.66. The summed E-state index contributed by atoms with van der Waals surface area (Å²) >= 11 is 0. The van der Waals surface area contributed by atoms with Crippen molar-refractivity contribution in [3.8, 4) is 11.5 Å². The van der Waals surface area contributed by atoms with Crippen LogP contribution in [0.4, 0.5) is 4.39 Å². The quantitative estimate of drug-likeness (QED) is 0.862. The van der Waals surface area contributed by atoms with Crippen LogP contribution < -0.4 is 14.8 Å². The van der Waals surface area contributed by atoms with E-state index in [0.29, 0.717) is 19.0 Å². The fraction of sp³-hybridized carbons (Fsp3) is 0.333. The number of hydrogen-bond donors (Lipinski definition) is 2. The number of methoxy groups -OCH3 is 1. The smallest absolute Gasteiger partial charge is 0.254 e. The van der Waals surface area contributed by atoms with Crippen molar-refractivity contribution in [3.05, 3.63) is 42.0 Å². The average Bonchev–Trinajstić information content (AvgIpc) is 3.20. The van der Waals surface area contributed by atoms with Crippen molar-refractivity contribution < 1.29 is 23.4 Å². The average molecular weight is 321 g/mol. The second-order valence-electron chi connectivity index (χ2n) is 5.03. The molecule has 2 N–H and O–H groups in total. The van der Waals surface area contributed by atoms with E-state index in [2.05, 4.69) is 15.5 Å². The lowest BCUT2D eigenvalue weighted by Crippen LogP contribution is -2.45. The summed E-state index contributed by atoms with van der Waals surface area (Å²) in [5.41, 5.74) is -0.0849. The number of nitrogens with one attached hydrogen (secondary N) is 2. The molecule has 2 aromatic rings. The predicted molar refractivity (Wildman–Crippen MR) is 78.0 cm³/mol. The Kier molecular flexibility index (Phi) is 4.42. The highest BCUT2D eigenvalue weighted by molar-refractivity contribution is 5.95. The number of aromatic amines is 1. The predicted octanol–water partition coefficient (Wildman–Crippen LogP) is 1.13. The summed E-state index contributed by atoms with van der Waals surface area (Å²) in [6.07, 6.45) is 2.75. The Bertz CT molecular complexity index is 677. The molecule has 2 heterocycles. The third kappa shape index (κ3) is 3.26. The van der Waals surface area contributed by atoms with Gasteiger partial charge in [-0.1, -0.05) is 6.07 Å². The topological polar surface area (TPSA) is 85.5 Å². The molecule has 1 fully saturated rings. The number of amides is 1. The Hall–Kier alpha value is -2.61. The van der Waals surface area contributed by atoms with Gasteiger partial charge in [-0.25, -0.2) is 4.39 Å². The molecule has 23 heavy (non-hydrogen) atoms. The number of benzene rings is 1. The maximum Gasteiger partial charge on any atom is 0.254 e. The molecule has 1 aliphatic heterocycles. The van der Waals surface area contributed by atoms with Gasteiger partial charge in [0.15, 0.2) is 17.3 Å². The zero-order valence-electron chi connectivity index (χ0n) is 12.4. The van der Waals surface area contributed by atoms with Crippen LogP contribution >= 0.6 is 0 Å². The van der Waals surface area contributed by atoms with Crippen molar-refractivity contribution in [3.63, 3.8) is 0 Å². The van der Waals surface area contributed by atoms with Gasteiger partial charge in [0, 0.05) is 0 Å². The largest absolute Gasteiger partial charge is 0.494 e. The molecule has 2 atom stereocenters. The molecule has 3 rings (SSSR count). The van der Waals surface area contributed by atoms with Crippen molar-refractivity contribution in [1.82, 2.24) is 15.5 Å². The standard InChI is InChI=1S/C15H16FN3O4/c1-21-12-4-2-3-10(14(12)16)15(20)19-11-7-22-8-13(11)23-9-5-17-18-6-9/h2-6,11,13H,7-8H2,1H3,(H,17,18)(H,19,20)/t11-,13+/m0/s1. The van der Waals surface area contributed by atoms with Gasteiger partial charge in [0.2, 0.25) is 0 Å². The molecule has 1 amide bonds. The molecule has 1 aromatic heterocycles. The summed E-state index contributed by atoms with van der Waals surface area (Å²) in [6, 6.07) is 4.02. The highest BCUT2D eigenvalue weighted by Crippen LogP contribution is 2.21. The van der Waals surface area contributed by atoms with Crippen molar-refractivity contribution in [2.75, 3.05) is 20.3 Å². The highest BCUT2D eigenvalue weighted by Gasteiger charge is 2.32. The summed E-state index contributed by atoms with van der Waals surface area (Å²) in [6.45, 7) is 0.622. The number of rotatable bonds is 5. The first-order valence-electron chi connectivity index (χ1n) is 7.05. The van der Waals surface area contributed by atoms with Crippen LogP contribution in [0.3, 0.4) is 0 Å². The maximum absolute atomic E-state index is 14.1. The minimum Gasteiger partial charge on any atom is -0.494 e. The summed E-state index contributed by atoms with van der Waals surface area (Å²) in [5.74, 6) is -0.671. The summed E-state index contributed by atoms with van der Waals surface area (Å²) < 4.78 is 30.1. The maximum atomic E-state index is 14.1. The lowest BCUT2D eigenvalue weighted by atomic mass is 10.1. The Morgan fingerprint density at radius 1 is 1.48 bits per heavy atom. The summed E-state index contributed by atoms with van der Waals surface area (Å²) in [4.78, 5) is 12.3. The molecule has 0 aliphatic carbocycles. The van der Waals surface area contributed by atoms with Gasteiger partial charge >= 0.3 is 0 Å². The van der Waals surface area contributed by atoms with Crippen LogP contribution in [-0.4, -0.2) is 48.6 Å². The van der Waals surface area contributed by atoms with Crippen molar-refractivity contribution in [2.45, 2.75) is 12.1 Å². The third-order valence-corrected chi connectivity index (χ3v) is 3.53. The van der Waals surface area contributed by atoms with Crippen LogP contribution in [0.5, 0.6) is 11.5 Å². The Labute approximate surface area is 131 Å². The fourth-order valence-corrected chi connectivity index (χ4v) is 2.35. The zero-order chi connectivity index (χ0) is 16.2. The van der Waals surface area contributed by atoms with Gasteiger partial charge in [-0.3, -0.25) is 9.89 Å². The third-order valence-electron chi connectivity index (χ3n) is 3.53. The first-order valence-corrected chi connectivity index (χ1v) is 7.05. The molecule has 7 nitrogen and oxygen atoms in total. The number of H-pyrrole nitrogens is 1. The van der Waals surface area contributed by atoms with E-state index in [1.54, 1.807) is 12.3 Å².